The van der Waals surface area contributed by atoms with Gasteiger partial charge in [-0.05, 0) is 6.92 Å². The number of carbonyl (C=O) groups excluding carboxylic acids is 1. The molecule has 3 nitrogen and oxygen atoms in total. The lowest BCUT2D eigenvalue weighted by Gasteiger charge is -2.00. The minimum atomic E-state index is -0.288. The zero-order valence-electron chi connectivity index (χ0n) is 7.58. The van der Waals surface area contributed by atoms with Gasteiger partial charge in [0.2, 0.25) is 4.60 Å². The Hall–Kier alpha value is -0.900. The molecule has 0 bridgehead atoms. The number of hydrogen-bond donors (Lipinski definition) is 0. The monoisotopic (exact) mass is 244 g/mol. The summed E-state index contributed by atoms with van der Waals surface area (Å²) in [6.45, 7) is 2.19. The molecule has 1 aromatic rings. The van der Waals surface area contributed by atoms with E-state index in [1.165, 1.54) is 0 Å². The smallest absolute Gasteiger partial charge is 0.338 e. The van der Waals surface area contributed by atoms with E-state index in [0.29, 0.717) is 12.2 Å². The highest BCUT2D eigenvalue weighted by molar-refractivity contribution is 9.10. The Balaban J connectivity index is 2.90. The first-order chi connectivity index (χ1) is 6.15. The summed E-state index contributed by atoms with van der Waals surface area (Å²) in [5.41, 5.74) is 0.562. The second-order valence-electron chi connectivity index (χ2n) is 2.57. The zero-order valence-corrected chi connectivity index (χ0v) is 9.17. The van der Waals surface area contributed by atoms with Gasteiger partial charge in [0.1, 0.15) is 7.05 Å². The van der Waals surface area contributed by atoms with Crippen molar-refractivity contribution in [3.05, 3.63) is 28.5 Å². The molecule has 0 saturated heterocycles. The van der Waals surface area contributed by atoms with Gasteiger partial charge >= 0.3 is 5.97 Å². The van der Waals surface area contributed by atoms with Crippen molar-refractivity contribution in [3.63, 3.8) is 0 Å². The van der Waals surface area contributed by atoms with Crippen molar-refractivity contribution >= 4 is 21.9 Å². The summed E-state index contributed by atoms with van der Waals surface area (Å²) in [7, 11) is 1.89. The SMILES string of the molecule is CCOC(=O)c1cc[n+](C)c(Br)c1. The van der Waals surface area contributed by atoms with Crippen LogP contribution < -0.4 is 4.57 Å². The molecule has 0 radical (unpaired) electrons. The molecule has 0 fully saturated rings. The van der Waals surface area contributed by atoms with Crippen molar-refractivity contribution in [3.8, 4) is 0 Å². The summed E-state index contributed by atoms with van der Waals surface area (Å²) >= 11 is 3.32. The third-order valence-electron chi connectivity index (χ3n) is 1.60. The minimum Gasteiger partial charge on any atom is -0.462 e. The predicted molar refractivity (Wildman–Crippen MR) is 51.3 cm³/mol. The number of aromatic nitrogens is 1. The number of halogens is 1. The second-order valence-corrected chi connectivity index (χ2v) is 3.38. The normalized spacial score (nSPS) is 9.77. The maximum Gasteiger partial charge on any atom is 0.338 e. The molecule has 4 heteroatoms. The lowest BCUT2D eigenvalue weighted by Crippen LogP contribution is -2.29. The maximum absolute atomic E-state index is 11.3. The molecule has 0 saturated carbocycles. The largest absolute Gasteiger partial charge is 0.462 e. The van der Waals surface area contributed by atoms with Crippen molar-refractivity contribution in [1.82, 2.24) is 0 Å². The molecule has 1 aromatic heterocycles. The van der Waals surface area contributed by atoms with E-state index in [-0.39, 0.29) is 5.97 Å². The highest BCUT2D eigenvalue weighted by Gasteiger charge is 2.10. The van der Waals surface area contributed by atoms with Gasteiger partial charge in [0.25, 0.3) is 0 Å². The van der Waals surface area contributed by atoms with E-state index >= 15 is 0 Å². The first kappa shape index (κ1) is 10.2. The Morgan fingerprint density at radius 1 is 1.69 bits per heavy atom. The number of ether oxygens (including phenoxy) is 1. The van der Waals surface area contributed by atoms with E-state index in [9.17, 15) is 4.79 Å². The van der Waals surface area contributed by atoms with E-state index < -0.39 is 0 Å². The van der Waals surface area contributed by atoms with Crippen LogP contribution in [-0.2, 0) is 11.8 Å². The van der Waals surface area contributed by atoms with E-state index in [0.717, 1.165) is 4.60 Å². The van der Waals surface area contributed by atoms with Crippen LogP contribution in [0.2, 0.25) is 0 Å². The maximum atomic E-state index is 11.3. The third-order valence-corrected chi connectivity index (χ3v) is 2.39. The molecule has 0 N–H and O–H groups in total. The van der Waals surface area contributed by atoms with Crippen molar-refractivity contribution in [2.24, 2.45) is 7.05 Å². The highest BCUT2D eigenvalue weighted by Crippen LogP contribution is 2.07. The fraction of sp³-hybridized carbons (Fsp3) is 0.333. The van der Waals surface area contributed by atoms with Crippen molar-refractivity contribution in [2.45, 2.75) is 6.92 Å². The average molecular weight is 245 g/mol. The number of nitrogens with zero attached hydrogens (tertiary/aromatic N) is 1. The van der Waals surface area contributed by atoms with Gasteiger partial charge in [-0.1, -0.05) is 0 Å². The quantitative estimate of drug-likeness (QED) is 0.448. The lowest BCUT2D eigenvalue weighted by molar-refractivity contribution is -0.682. The van der Waals surface area contributed by atoms with Crippen LogP contribution in [0.3, 0.4) is 0 Å². The van der Waals surface area contributed by atoms with E-state index in [4.69, 9.17) is 4.74 Å². The van der Waals surface area contributed by atoms with Crippen molar-refractivity contribution < 1.29 is 14.1 Å². The molecular formula is C9H11BrNO2+. The van der Waals surface area contributed by atoms with Gasteiger partial charge in [-0.25, -0.2) is 4.79 Å². The topological polar surface area (TPSA) is 30.2 Å². The Labute approximate surface area is 85.5 Å². The number of rotatable bonds is 2. The Bertz CT molecular complexity index is 325. The van der Waals surface area contributed by atoms with Crippen molar-refractivity contribution in [1.29, 1.82) is 0 Å². The standard InChI is InChI=1S/C9H11BrNO2/c1-3-13-9(12)7-4-5-11(2)8(10)6-7/h4-6H,3H2,1-2H3/q+1. The Kier molecular flexibility index (Phi) is 3.42. The minimum absolute atomic E-state index is 0.288. The zero-order chi connectivity index (χ0) is 9.84. The van der Waals surface area contributed by atoms with Crippen LogP contribution in [-0.4, -0.2) is 12.6 Å². The molecule has 0 aliphatic carbocycles. The van der Waals surface area contributed by atoms with E-state index in [2.05, 4.69) is 15.9 Å². The summed E-state index contributed by atoms with van der Waals surface area (Å²) in [6.07, 6.45) is 1.80. The number of carbonyl (C=O) groups is 1. The Morgan fingerprint density at radius 3 is 2.92 bits per heavy atom. The summed E-state index contributed by atoms with van der Waals surface area (Å²) in [4.78, 5) is 11.3. The summed E-state index contributed by atoms with van der Waals surface area (Å²) in [6, 6.07) is 3.46. The average Bonchev–Trinajstić information content (AvgIpc) is 2.10. The third kappa shape index (κ3) is 2.52. The molecule has 13 heavy (non-hydrogen) atoms. The number of esters is 1. The van der Waals surface area contributed by atoms with Gasteiger partial charge in [-0.15, -0.1) is 0 Å². The molecule has 0 aliphatic heterocycles. The summed E-state index contributed by atoms with van der Waals surface area (Å²) in [5.74, 6) is -0.288. The van der Waals surface area contributed by atoms with Gasteiger partial charge in [-0.3, -0.25) is 0 Å². The number of aryl methyl sites for hydroxylation is 1. The van der Waals surface area contributed by atoms with Crippen LogP contribution in [0.1, 0.15) is 17.3 Å². The molecular weight excluding hydrogens is 234 g/mol. The molecule has 0 atom stereocenters. The van der Waals surface area contributed by atoms with Crippen LogP contribution in [0, 0.1) is 0 Å². The van der Waals surface area contributed by atoms with Crippen LogP contribution in [0.4, 0.5) is 0 Å². The van der Waals surface area contributed by atoms with Crippen LogP contribution in [0.15, 0.2) is 22.9 Å². The van der Waals surface area contributed by atoms with E-state index in [1.54, 1.807) is 25.3 Å². The van der Waals surface area contributed by atoms with Gasteiger partial charge in [0, 0.05) is 28.1 Å². The molecule has 1 rings (SSSR count). The second kappa shape index (κ2) is 4.37. The molecule has 0 spiro atoms. The van der Waals surface area contributed by atoms with E-state index in [1.807, 2.05) is 11.6 Å². The van der Waals surface area contributed by atoms with Crippen LogP contribution in [0.5, 0.6) is 0 Å². The molecule has 0 aliphatic rings. The molecule has 1 heterocycles. The molecule has 70 valence electrons. The first-order valence-corrected chi connectivity index (χ1v) is 4.76. The van der Waals surface area contributed by atoms with Gasteiger partial charge in [0.15, 0.2) is 6.20 Å². The van der Waals surface area contributed by atoms with Gasteiger partial charge < -0.3 is 4.74 Å². The van der Waals surface area contributed by atoms with Crippen LogP contribution >= 0.6 is 15.9 Å². The lowest BCUT2D eigenvalue weighted by atomic mass is 10.3. The summed E-state index contributed by atoms with van der Waals surface area (Å²) < 4.78 is 7.56. The number of hydrogen-bond acceptors (Lipinski definition) is 2. The molecule has 0 aromatic carbocycles. The van der Waals surface area contributed by atoms with Gasteiger partial charge in [0.05, 0.1) is 12.2 Å². The summed E-state index contributed by atoms with van der Waals surface area (Å²) in [5, 5.41) is 0. The predicted octanol–water partition coefficient (Wildman–Crippen LogP) is 1.45. The number of pyridine rings is 1. The van der Waals surface area contributed by atoms with Gasteiger partial charge in [-0.2, -0.15) is 4.57 Å². The molecule has 0 amide bonds. The molecule has 0 unspecified atom stereocenters. The van der Waals surface area contributed by atoms with Crippen molar-refractivity contribution in [2.75, 3.05) is 6.61 Å². The Morgan fingerprint density at radius 2 is 2.38 bits per heavy atom. The first-order valence-electron chi connectivity index (χ1n) is 3.97. The van der Waals surface area contributed by atoms with Crippen LogP contribution in [0.25, 0.3) is 0 Å². The fourth-order valence-electron chi connectivity index (χ4n) is 0.883. The highest BCUT2D eigenvalue weighted by atomic mass is 79.9. The fourth-order valence-corrected chi connectivity index (χ4v) is 1.25.